The normalized spacial score (nSPS) is 11.3. The molecule has 7 heteroatoms. The van der Waals surface area contributed by atoms with Gasteiger partial charge in [0.15, 0.2) is 0 Å². The van der Waals surface area contributed by atoms with E-state index in [1.165, 1.54) is 0 Å². The van der Waals surface area contributed by atoms with E-state index >= 15 is 0 Å². The van der Waals surface area contributed by atoms with Gasteiger partial charge in [0.2, 0.25) is 5.89 Å². The summed E-state index contributed by atoms with van der Waals surface area (Å²) in [7, 11) is 1.65. The van der Waals surface area contributed by atoms with Crippen LogP contribution < -0.4 is 0 Å². The maximum atomic E-state index is 9.02. The molecule has 2 rings (SSSR count). The van der Waals surface area contributed by atoms with Crippen LogP contribution in [0.4, 0.5) is 0 Å². The fourth-order valence-corrected chi connectivity index (χ4v) is 2.28. The topological polar surface area (TPSA) is 71.6 Å². The Labute approximate surface area is 115 Å². The Morgan fingerprint density at radius 3 is 3.00 bits per heavy atom. The number of hydrogen-bond donors (Lipinski definition) is 1. The van der Waals surface area contributed by atoms with Gasteiger partial charge in [0, 0.05) is 20.2 Å². The van der Waals surface area contributed by atoms with Crippen LogP contribution in [0, 0.1) is 0 Å². The fraction of sp³-hybridized carbons (Fsp3) is 0.500. The maximum Gasteiger partial charge on any atom is 0.257 e. The molecule has 0 aliphatic carbocycles. The van der Waals surface area contributed by atoms with Crippen molar-refractivity contribution in [2.24, 2.45) is 0 Å². The summed E-state index contributed by atoms with van der Waals surface area (Å²) >= 11 is 1.56. The summed E-state index contributed by atoms with van der Waals surface area (Å²) < 4.78 is 10.6. The van der Waals surface area contributed by atoms with Crippen molar-refractivity contribution >= 4 is 11.3 Å². The van der Waals surface area contributed by atoms with E-state index in [1.54, 1.807) is 18.4 Å². The highest BCUT2D eigenvalue weighted by Crippen LogP contribution is 2.23. The summed E-state index contributed by atoms with van der Waals surface area (Å²) in [5.41, 5.74) is 0. The number of rotatable bonds is 8. The van der Waals surface area contributed by atoms with Gasteiger partial charge in [-0.1, -0.05) is 6.07 Å². The zero-order chi connectivity index (χ0) is 13.5. The van der Waals surface area contributed by atoms with Crippen LogP contribution in [-0.4, -0.2) is 53.6 Å². The lowest BCUT2D eigenvalue weighted by atomic mass is 10.4. The predicted molar refractivity (Wildman–Crippen MR) is 71.8 cm³/mol. The Kier molecular flexibility index (Phi) is 5.46. The average Bonchev–Trinajstić information content (AvgIpc) is 3.06. The zero-order valence-electron chi connectivity index (χ0n) is 10.8. The van der Waals surface area contributed by atoms with Gasteiger partial charge < -0.3 is 14.3 Å². The maximum absolute atomic E-state index is 9.02. The van der Waals surface area contributed by atoms with Crippen molar-refractivity contribution in [3.63, 3.8) is 0 Å². The van der Waals surface area contributed by atoms with Crippen molar-refractivity contribution in [3.05, 3.63) is 23.4 Å². The summed E-state index contributed by atoms with van der Waals surface area (Å²) in [5.74, 6) is 1.09. The molecule has 0 atom stereocenters. The van der Waals surface area contributed by atoms with Crippen molar-refractivity contribution in [2.45, 2.75) is 6.54 Å². The molecule has 0 amide bonds. The molecule has 0 radical (unpaired) electrons. The molecule has 6 nitrogen and oxygen atoms in total. The largest absolute Gasteiger partial charge is 0.419 e. The molecule has 0 saturated carbocycles. The minimum atomic E-state index is 0.0929. The van der Waals surface area contributed by atoms with Crippen LogP contribution in [0.3, 0.4) is 0 Å². The number of nitrogens with zero attached hydrogens (tertiary/aromatic N) is 3. The minimum Gasteiger partial charge on any atom is -0.419 e. The summed E-state index contributed by atoms with van der Waals surface area (Å²) in [6.07, 6.45) is 0. The van der Waals surface area contributed by atoms with Crippen molar-refractivity contribution in [3.8, 4) is 10.8 Å². The van der Waals surface area contributed by atoms with Crippen LogP contribution in [0.2, 0.25) is 0 Å². The number of aliphatic hydroxyl groups excluding tert-OH is 1. The number of aromatic nitrogens is 2. The summed E-state index contributed by atoms with van der Waals surface area (Å²) in [6.45, 7) is 2.48. The first kappa shape index (κ1) is 14.1. The van der Waals surface area contributed by atoms with E-state index in [9.17, 15) is 0 Å². The first-order valence-corrected chi connectivity index (χ1v) is 6.90. The Bertz CT molecular complexity index is 472. The molecular formula is C12H17N3O3S. The van der Waals surface area contributed by atoms with Gasteiger partial charge in [0.05, 0.1) is 24.6 Å². The number of thiophene rings is 1. The van der Waals surface area contributed by atoms with Crippen LogP contribution in [0.25, 0.3) is 10.8 Å². The summed E-state index contributed by atoms with van der Waals surface area (Å²) in [5, 5.41) is 19.0. The third kappa shape index (κ3) is 4.10. The third-order valence-electron chi connectivity index (χ3n) is 2.59. The van der Waals surface area contributed by atoms with Crippen molar-refractivity contribution in [1.29, 1.82) is 0 Å². The van der Waals surface area contributed by atoms with Gasteiger partial charge in [-0.05, 0) is 11.4 Å². The lowest BCUT2D eigenvalue weighted by Gasteiger charge is -2.18. The second-order valence-electron chi connectivity index (χ2n) is 3.97. The molecule has 2 aromatic rings. The van der Waals surface area contributed by atoms with E-state index in [2.05, 4.69) is 10.2 Å². The molecule has 0 unspecified atom stereocenters. The smallest absolute Gasteiger partial charge is 0.257 e. The van der Waals surface area contributed by atoms with E-state index in [1.807, 2.05) is 22.4 Å². The van der Waals surface area contributed by atoms with Gasteiger partial charge in [-0.3, -0.25) is 4.90 Å². The molecule has 0 spiro atoms. The van der Waals surface area contributed by atoms with E-state index in [0.717, 1.165) is 4.88 Å². The van der Waals surface area contributed by atoms with Crippen molar-refractivity contribution < 1.29 is 14.3 Å². The van der Waals surface area contributed by atoms with Gasteiger partial charge in [0.1, 0.15) is 0 Å². The quantitative estimate of drug-likeness (QED) is 0.786. The highest BCUT2D eigenvalue weighted by Gasteiger charge is 2.13. The lowest BCUT2D eigenvalue weighted by molar-refractivity contribution is 0.121. The van der Waals surface area contributed by atoms with E-state index in [0.29, 0.717) is 38.0 Å². The number of ether oxygens (including phenoxy) is 1. The zero-order valence-corrected chi connectivity index (χ0v) is 11.6. The molecule has 0 fully saturated rings. The third-order valence-corrected chi connectivity index (χ3v) is 3.44. The van der Waals surface area contributed by atoms with Gasteiger partial charge >= 0.3 is 0 Å². The minimum absolute atomic E-state index is 0.0929. The first-order valence-electron chi connectivity index (χ1n) is 6.02. The number of hydrogen-bond acceptors (Lipinski definition) is 7. The van der Waals surface area contributed by atoms with Crippen LogP contribution in [0.5, 0.6) is 0 Å². The molecular weight excluding hydrogens is 266 g/mol. The SMILES string of the molecule is COCCN(CCO)Cc1nnc(-c2cccs2)o1. The molecule has 2 heterocycles. The van der Waals surface area contributed by atoms with Crippen LogP contribution in [0.15, 0.2) is 21.9 Å². The van der Waals surface area contributed by atoms with Gasteiger partial charge in [-0.25, -0.2) is 0 Å². The van der Waals surface area contributed by atoms with E-state index < -0.39 is 0 Å². The molecule has 0 aliphatic heterocycles. The molecule has 104 valence electrons. The van der Waals surface area contributed by atoms with E-state index in [-0.39, 0.29) is 6.61 Å². The Morgan fingerprint density at radius 1 is 1.42 bits per heavy atom. The Balaban J connectivity index is 1.97. The van der Waals surface area contributed by atoms with Gasteiger partial charge in [0.25, 0.3) is 5.89 Å². The second-order valence-corrected chi connectivity index (χ2v) is 4.92. The Hall–Kier alpha value is -1.28. The summed E-state index contributed by atoms with van der Waals surface area (Å²) in [4.78, 5) is 2.97. The monoisotopic (exact) mass is 283 g/mol. The predicted octanol–water partition coefficient (Wildman–Crippen LogP) is 1.24. The van der Waals surface area contributed by atoms with Crippen LogP contribution >= 0.6 is 11.3 Å². The molecule has 0 aliphatic rings. The van der Waals surface area contributed by atoms with E-state index in [4.69, 9.17) is 14.3 Å². The second kappa shape index (κ2) is 7.34. The van der Waals surface area contributed by atoms with Crippen molar-refractivity contribution in [2.75, 3.05) is 33.4 Å². The molecule has 1 N–H and O–H groups in total. The van der Waals surface area contributed by atoms with Crippen molar-refractivity contribution in [1.82, 2.24) is 15.1 Å². The van der Waals surface area contributed by atoms with Gasteiger partial charge in [-0.2, -0.15) is 0 Å². The first-order chi connectivity index (χ1) is 9.33. The van der Waals surface area contributed by atoms with Gasteiger partial charge in [-0.15, -0.1) is 21.5 Å². The lowest BCUT2D eigenvalue weighted by Crippen LogP contribution is -2.30. The molecule has 0 saturated heterocycles. The Morgan fingerprint density at radius 2 is 2.32 bits per heavy atom. The van der Waals surface area contributed by atoms with Crippen LogP contribution in [-0.2, 0) is 11.3 Å². The molecule has 19 heavy (non-hydrogen) atoms. The van der Waals surface area contributed by atoms with Crippen LogP contribution in [0.1, 0.15) is 5.89 Å². The number of aliphatic hydroxyl groups is 1. The molecule has 0 aromatic carbocycles. The highest BCUT2D eigenvalue weighted by molar-refractivity contribution is 7.13. The molecule has 2 aromatic heterocycles. The summed E-state index contributed by atoms with van der Waals surface area (Å²) in [6, 6.07) is 3.89. The highest BCUT2D eigenvalue weighted by atomic mass is 32.1. The standard InChI is InChI=1S/C12H17N3O3S/c1-17-7-5-15(4-6-16)9-11-13-14-12(18-11)10-3-2-8-19-10/h2-3,8,16H,4-7,9H2,1H3. The fourth-order valence-electron chi connectivity index (χ4n) is 1.64. The molecule has 0 bridgehead atoms. The number of methoxy groups -OCH3 is 1. The average molecular weight is 283 g/mol.